The van der Waals surface area contributed by atoms with Crippen molar-refractivity contribution in [2.24, 2.45) is 5.92 Å². The highest BCUT2D eigenvalue weighted by Gasteiger charge is 2.37. The lowest BCUT2D eigenvalue weighted by Crippen LogP contribution is -2.62. The average Bonchev–Trinajstić information content (AvgIpc) is 2.47. The van der Waals surface area contributed by atoms with E-state index in [-0.39, 0.29) is 5.92 Å². The Morgan fingerprint density at radius 2 is 1.86 bits per heavy atom. The van der Waals surface area contributed by atoms with Gasteiger partial charge in [-0.05, 0) is 30.4 Å². The van der Waals surface area contributed by atoms with Crippen LogP contribution < -0.4 is 0 Å². The van der Waals surface area contributed by atoms with E-state index in [0.717, 1.165) is 45.4 Å². The van der Waals surface area contributed by atoms with E-state index in [1.165, 1.54) is 11.1 Å². The van der Waals surface area contributed by atoms with Gasteiger partial charge in [0.15, 0.2) is 0 Å². The summed E-state index contributed by atoms with van der Waals surface area (Å²) in [7, 11) is 0. The lowest BCUT2D eigenvalue weighted by molar-refractivity contribution is -0.143. The van der Waals surface area contributed by atoms with Gasteiger partial charge in [0, 0.05) is 38.1 Å². The Balaban J connectivity index is 1.55. The Bertz CT molecular complexity index is 504. The maximum Gasteiger partial charge on any atom is 0.225 e. The second-order valence-corrected chi connectivity index (χ2v) is 6.40. The third-order valence-corrected chi connectivity index (χ3v) is 5.19. The maximum atomic E-state index is 12.3. The molecular formula is C18H26N2O. The van der Waals surface area contributed by atoms with Gasteiger partial charge in [-0.2, -0.15) is 0 Å². The van der Waals surface area contributed by atoms with E-state index >= 15 is 0 Å². The molecule has 114 valence electrons. The molecular weight excluding hydrogens is 260 g/mol. The predicted octanol–water partition coefficient (Wildman–Crippen LogP) is 2.69. The number of benzene rings is 1. The molecule has 3 nitrogen and oxygen atoms in total. The number of amides is 1. The number of rotatable bonds is 4. The first-order valence-electron chi connectivity index (χ1n) is 8.32. The molecule has 0 aromatic heterocycles. The number of fused-ring (bicyclic) bond motifs is 1. The second kappa shape index (κ2) is 6.18. The molecule has 1 saturated heterocycles. The fraction of sp³-hybridized carbons (Fsp3) is 0.611. The van der Waals surface area contributed by atoms with Crippen molar-refractivity contribution in [1.29, 1.82) is 0 Å². The second-order valence-electron chi connectivity index (χ2n) is 6.40. The van der Waals surface area contributed by atoms with Crippen molar-refractivity contribution in [2.45, 2.75) is 45.7 Å². The number of nitrogens with zero attached hydrogens (tertiary/aromatic N) is 2. The van der Waals surface area contributed by atoms with Crippen LogP contribution in [0.5, 0.6) is 0 Å². The van der Waals surface area contributed by atoms with E-state index < -0.39 is 0 Å². The first kappa shape index (κ1) is 14.6. The Labute approximate surface area is 127 Å². The van der Waals surface area contributed by atoms with Gasteiger partial charge < -0.3 is 4.90 Å². The van der Waals surface area contributed by atoms with Crippen LogP contribution in [0.4, 0.5) is 0 Å². The van der Waals surface area contributed by atoms with Gasteiger partial charge in [0.2, 0.25) is 5.91 Å². The van der Waals surface area contributed by atoms with Gasteiger partial charge in [-0.3, -0.25) is 9.69 Å². The fourth-order valence-electron chi connectivity index (χ4n) is 3.59. The summed E-state index contributed by atoms with van der Waals surface area (Å²) < 4.78 is 0. The quantitative estimate of drug-likeness (QED) is 0.849. The van der Waals surface area contributed by atoms with E-state index in [0.29, 0.717) is 11.9 Å². The molecule has 0 unspecified atom stereocenters. The SMILES string of the molecule is CCC(CC)C(=O)N1CC(N2CCc3ccccc3C2)C1. The summed E-state index contributed by atoms with van der Waals surface area (Å²) in [5, 5.41) is 0. The first-order chi connectivity index (χ1) is 10.2. The van der Waals surface area contributed by atoms with Gasteiger partial charge in [0.05, 0.1) is 0 Å². The highest BCUT2D eigenvalue weighted by Crippen LogP contribution is 2.26. The van der Waals surface area contributed by atoms with Gasteiger partial charge in [-0.25, -0.2) is 0 Å². The molecule has 2 heterocycles. The number of carbonyl (C=O) groups is 1. The smallest absolute Gasteiger partial charge is 0.225 e. The molecule has 0 saturated carbocycles. The Hall–Kier alpha value is -1.35. The minimum absolute atomic E-state index is 0.230. The molecule has 3 heteroatoms. The molecule has 0 N–H and O–H groups in total. The van der Waals surface area contributed by atoms with Crippen LogP contribution in [0.3, 0.4) is 0 Å². The largest absolute Gasteiger partial charge is 0.339 e. The summed E-state index contributed by atoms with van der Waals surface area (Å²) in [5.74, 6) is 0.599. The van der Waals surface area contributed by atoms with E-state index in [1.807, 2.05) is 0 Å². The molecule has 0 aliphatic carbocycles. The normalized spacial score (nSPS) is 19.5. The van der Waals surface area contributed by atoms with Gasteiger partial charge >= 0.3 is 0 Å². The molecule has 0 radical (unpaired) electrons. The van der Waals surface area contributed by atoms with Crippen LogP contribution in [0.25, 0.3) is 0 Å². The van der Waals surface area contributed by atoms with E-state index in [9.17, 15) is 4.79 Å². The summed E-state index contributed by atoms with van der Waals surface area (Å²) in [4.78, 5) is 16.9. The van der Waals surface area contributed by atoms with Gasteiger partial charge in [-0.15, -0.1) is 0 Å². The zero-order valence-electron chi connectivity index (χ0n) is 13.2. The van der Waals surface area contributed by atoms with Gasteiger partial charge in [-0.1, -0.05) is 38.1 Å². The Kier molecular flexibility index (Phi) is 4.29. The molecule has 2 aliphatic heterocycles. The third kappa shape index (κ3) is 2.84. The first-order valence-corrected chi connectivity index (χ1v) is 8.32. The third-order valence-electron chi connectivity index (χ3n) is 5.19. The molecule has 0 spiro atoms. The number of hydrogen-bond acceptors (Lipinski definition) is 2. The topological polar surface area (TPSA) is 23.6 Å². The molecule has 1 aromatic rings. The number of carbonyl (C=O) groups excluding carboxylic acids is 1. The van der Waals surface area contributed by atoms with Crippen LogP contribution in [-0.2, 0) is 17.8 Å². The van der Waals surface area contributed by atoms with Crippen molar-refractivity contribution >= 4 is 5.91 Å². The minimum atomic E-state index is 0.230. The molecule has 2 aliphatic rings. The van der Waals surface area contributed by atoms with Crippen molar-refractivity contribution < 1.29 is 4.79 Å². The molecule has 1 fully saturated rings. The predicted molar refractivity (Wildman–Crippen MR) is 85.0 cm³/mol. The lowest BCUT2D eigenvalue weighted by Gasteiger charge is -2.47. The van der Waals surface area contributed by atoms with E-state index in [4.69, 9.17) is 0 Å². The van der Waals surface area contributed by atoms with Crippen LogP contribution in [0.15, 0.2) is 24.3 Å². The van der Waals surface area contributed by atoms with Gasteiger partial charge in [0.25, 0.3) is 0 Å². The summed E-state index contributed by atoms with van der Waals surface area (Å²) >= 11 is 0. The number of hydrogen-bond donors (Lipinski definition) is 0. The monoisotopic (exact) mass is 286 g/mol. The summed E-state index contributed by atoms with van der Waals surface area (Å²) in [6.45, 7) is 8.27. The molecule has 21 heavy (non-hydrogen) atoms. The van der Waals surface area contributed by atoms with Crippen molar-refractivity contribution in [2.75, 3.05) is 19.6 Å². The summed E-state index contributed by atoms with van der Waals surface area (Å²) in [5.41, 5.74) is 2.96. The van der Waals surface area contributed by atoms with Crippen molar-refractivity contribution in [3.05, 3.63) is 35.4 Å². The zero-order valence-corrected chi connectivity index (χ0v) is 13.2. The Morgan fingerprint density at radius 1 is 1.19 bits per heavy atom. The molecule has 0 atom stereocenters. The van der Waals surface area contributed by atoms with Crippen molar-refractivity contribution in [1.82, 2.24) is 9.80 Å². The van der Waals surface area contributed by atoms with Crippen LogP contribution >= 0.6 is 0 Å². The van der Waals surface area contributed by atoms with E-state index in [1.54, 1.807) is 0 Å². The zero-order chi connectivity index (χ0) is 14.8. The van der Waals surface area contributed by atoms with Crippen LogP contribution in [-0.4, -0.2) is 41.4 Å². The van der Waals surface area contributed by atoms with Crippen molar-refractivity contribution in [3.8, 4) is 0 Å². The highest BCUT2D eigenvalue weighted by atomic mass is 16.2. The van der Waals surface area contributed by atoms with Crippen LogP contribution in [0.1, 0.15) is 37.8 Å². The maximum absolute atomic E-state index is 12.3. The summed E-state index contributed by atoms with van der Waals surface area (Å²) in [6, 6.07) is 9.32. The molecule has 0 bridgehead atoms. The van der Waals surface area contributed by atoms with Crippen LogP contribution in [0, 0.1) is 5.92 Å². The lowest BCUT2D eigenvalue weighted by atomic mass is 9.94. The van der Waals surface area contributed by atoms with E-state index in [2.05, 4.69) is 47.9 Å². The Morgan fingerprint density at radius 3 is 2.52 bits per heavy atom. The minimum Gasteiger partial charge on any atom is -0.339 e. The van der Waals surface area contributed by atoms with Crippen LogP contribution in [0.2, 0.25) is 0 Å². The fourth-order valence-corrected chi connectivity index (χ4v) is 3.59. The average molecular weight is 286 g/mol. The van der Waals surface area contributed by atoms with Crippen molar-refractivity contribution in [3.63, 3.8) is 0 Å². The van der Waals surface area contributed by atoms with Gasteiger partial charge in [0.1, 0.15) is 0 Å². The molecule has 1 aromatic carbocycles. The highest BCUT2D eigenvalue weighted by molar-refractivity contribution is 5.79. The number of likely N-dealkylation sites (tertiary alicyclic amines) is 1. The summed E-state index contributed by atoms with van der Waals surface area (Å²) in [6.07, 6.45) is 3.08. The molecule has 3 rings (SSSR count). The standard InChI is InChI=1S/C18H26N2O/c1-3-14(4-2)18(21)20-12-17(13-20)19-10-9-15-7-5-6-8-16(15)11-19/h5-8,14,17H,3-4,9-13H2,1-2H3. The molecule has 1 amide bonds.